The van der Waals surface area contributed by atoms with Crippen molar-refractivity contribution in [2.45, 2.75) is 148 Å². The molecule has 1 aliphatic heterocycles. The minimum Gasteiger partial charge on any atom is -0.307 e. The molecular formula is C28H54N6. The van der Waals surface area contributed by atoms with Crippen molar-refractivity contribution >= 4 is 0 Å². The average molecular weight is 475 g/mol. The Morgan fingerprint density at radius 3 is 1.91 bits per heavy atom. The number of unbranched alkanes of at least 4 members (excludes halogenated alkanes) is 8. The number of nitrogens with zero attached hydrogens (tertiary/aromatic N) is 5. The van der Waals surface area contributed by atoms with E-state index in [1.54, 1.807) is 12.7 Å². The Hall–Kier alpha value is -1.11. The molecule has 2 heterocycles. The molecule has 0 amide bonds. The van der Waals surface area contributed by atoms with Gasteiger partial charge in [-0.2, -0.15) is 0 Å². The molecule has 1 saturated heterocycles. The zero-order valence-electron chi connectivity index (χ0n) is 23.4. The van der Waals surface area contributed by atoms with Crippen molar-refractivity contribution in [3.8, 4) is 0 Å². The summed E-state index contributed by atoms with van der Waals surface area (Å²) in [6.45, 7) is 15.0. The Kier molecular flexibility index (Phi) is 11.4. The first kappa shape index (κ1) is 29.1. The molecule has 1 fully saturated rings. The van der Waals surface area contributed by atoms with Crippen LogP contribution in [-0.4, -0.2) is 55.5 Å². The fraction of sp³-hybridized carbons (Fsp3) is 0.893. The third kappa shape index (κ3) is 7.69. The maximum absolute atomic E-state index is 7.39. The molecule has 6 nitrogen and oxygen atoms in total. The molecule has 1 aromatic rings. The third-order valence-corrected chi connectivity index (χ3v) is 8.28. The first-order chi connectivity index (χ1) is 16.1. The van der Waals surface area contributed by atoms with Gasteiger partial charge in [0.25, 0.3) is 0 Å². The van der Waals surface area contributed by atoms with Crippen LogP contribution in [0.25, 0.3) is 0 Å². The molecule has 196 valence electrons. The molecule has 2 rings (SSSR count). The Balaban J connectivity index is 2.24. The highest BCUT2D eigenvalue weighted by molar-refractivity contribution is 5.08. The van der Waals surface area contributed by atoms with Gasteiger partial charge in [-0.05, 0) is 66.8 Å². The van der Waals surface area contributed by atoms with Gasteiger partial charge < -0.3 is 5.73 Å². The lowest BCUT2D eigenvalue weighted by Crippen LogP contribution is -2.67. The number of likely N-dealkylation sites (tertiary alicyclic amines) is 1. The lowest BCUT2D eigenvalue weighted by Gasteiger charge is -2.57. The molecule has 1 unspecified atom stereocenters. The predicted molar refractivity (Wildman–Crippen MR) is 143 cm³/mol. The van der Waals surface area contributed by atoms with E-state index in [0.29, 0.717) is 6.04 Å². The second kappa shape index (κ2) is 13.3. The summed E-state index contributed by atoms with van der Waals surface area (Å²) >= 11 is 0. The van der Waals surface area contributed by atoms with Crippen molar-refractivity contribution in [2.75, 3.05) is 13.6 Å². The third-order valence-electron chi connectivity index (χ3n) is 8.28. The van der Waals surface area contributed by atoms with E-state index in [0.717, 1.165) is 50.9 Å². The van der Waals surface area contributed by atoms with E-state index in [4.69, 9.17) is 5.73 Å². The first-order valence-corrected chi connectivity index (χ1v) is 14.0. The predicted octanol–water partition coefficient (Wildman–Crippen LogP) is 6.27. The van der Waals surface area contributed by atoms with Crippen molar-refractivity contribution in [1.29, 1.82) is 0 Å². The summed E-state index contributed by atoms with van der Waals surface area (Å²) in [5.41, 5.74) is 6.94. The summed E-state index contributed by atoms with van der Waals surface area (Å²) in [7, 11) is 2.27. The Morgan fingerprint density at radius 2 is 1.38 bits per heavy atom. The summed E-state index contributed by atoms with van der Waals surface area (Å²) in [6.07, 6.45) is 18.9. The lowest BCUT2D eigenvalue weighted by atomic mass is 9.76. The van der Waals surface area contributed by atoms with Crippen LogP contribution < -0.4 is 5.73 Å². The number of aromatic nitrogens is 3. The molecule has 0 saturated carbocycles. The van der Waals surface area contributed by atoms with Crippen molar-refractivity contribution < 1.29 is 0 Å². The molecule has 34 heavy (non-hydrogen) atoms. The van der Waals surface area contributed by atoms with Crippen molar-refractivity contribution in [2.24, 2.45) is 5.73 Å². The molecule has 0 aliphatic carbocycles. The van der Waals surface area contributed by atoms with Gasteiger partial charge in [0.05, 0.1) is 0 Å². The van der Waals surface area contributed by atoms with Crippen LogP contribution in [0.5, 0.6) is 0 Å². The van der Waals surface area contributed by atoms with Crippen LogP contribution in [0.15, 0.2) is 12.7 Å². The standard InChI is InChI=1S/C28H54N6/c1-8-10-12-13-14-15-16-17-18-28(29,25-31-22-30-23-32-25)34(19-11-9-2)24-20-26(3,4)33(7)27(5,6)21-24/h22-24H,8-21,29H2,1-7H3. The quantitative estimate of drug-likeness (QED) is 0.239. The summed E-state index contributed by atoms with van der Waals surface area (Å²) in [5.74, 6) is 0.732. The number of piperidine rings is 1. The van der Waals surface area contributed by atoms with Crippen molar-refractivity contribution in [1.82, 2.24) is 24.8 Å². The molecule has 0 bridgehead atoms. The molecule has 0 aromatic carbocycles. The highest BCUT2D eigenvalue weighted by Crippen LogP contribution is 2.42. The van der Waals surface area contributed by atoms with E-state index in [2.05, 4.69) is 73.3 Å². The number of nitrogens with two attached hydrogens (primary N) is 1. The van der Waals surface area contributed by atoms with E-state index in [-0.39, 0.29) is 11.1 Å². The molecule has 2 N–H and O–H groups in total. The van der Waals surface area contributed by atoms with Crippen LogP contribution in [0, 0.1) is 0 Å². The van der Waals surface area contributed by atoms with Gasteiger partial charge in [-0.15, -0.1) is 0 Å². The summed E-state index contributed by atoms with van der Waals surface area (Å²) in [5, 5.41) is 0. The molecule has 1 aliphatic rings. The van der Waals surface area contributed by atoms with Crippen LogP contribution in [0.4, 0.5) is 0 Å². The van der Waals surface area contributed by atoms with Gasteiger partial charge in [0.1, 0.15) is 18.3 Å². The highest BCUT2D eigenvalue weighted by Gasteiger charge is 2.49. The normalized spacial score (nSPS) is 20.5. The van der Waals surface area contributed by atoms with Crippen LogP contribution in [0.1, 0.15) is 131 Å². The lowest BCUT2D eigenvalue weighted by molar-refractivity contribution is -0.0818. The Morgan fingerprint density at radius 1 is 0.882 bits per heavy atom. The molecule has 0 radical (unpaired) electrons. The SMILES string of the molecule is CCCCCCCCCCC(N)(c1ncncn1)N(CCCC)C1CC(C)(C)N(C)C(C)(C)C1. The monoisotopic (exact) mass is 474 g/mol. The minimum atomic E-state index is -0.660. The molecule has 6 heteroatoms. The van der Waals surface area contributed by atoms with Gasteiger partial charge in [0, 0.05) is 23.7 Å². The number of rotatable bonds is 15. The van der Waals surface area contributed by atoms with E-state index in [9.17, 15) is 0 Å². The summed E-state index contributed by atoms with van der Waals surface area (Å²) < 4.78 is 0. The zero-order chi connectivity index (χ0) is 25.2. The Bertz CT molecular complexity index is 673. The maximum atomic E-state index is 7.39. The van der Waals surface area contributed by atoms with Gasteiger partial charge in [-0.1, -0.05) is 65.2 Å². The average Bonchev–Trinajstić information content (AvgIpc) is 2.79. The number of hydrogen-bond donors (Lipinski definition) is 1. The minimum absolute atomic E-state index is 0.107. The van der Waals surface area contributed by atoms with Gasteiger partial charge in [-0.3, -0.25) is 9.80 Å². The topological polar surface area (TPSA) is 71.2 Å². The molecule has 1 aromatic heterocycles. The van der Waals surface area contributed by atoms with Crippen LogP contribution in [0.2, 0.25) is 0 Å². The zero-order valence-corrected chi connectivity index (χ0v) is 23.4. The van der Waals surface area contributed by atoms with Crippen molar-refractivity contribution in [3.05, 3.63) is 18.5 Å². The fourth-order valence-electron chi connectivity index (χ4n) is 5.95. The van der Waals surface area contributed by atoms with Crippen LogP contribution >= 0.6 is 0 Å². The van der Waals surface area contributed by atoms with E-state index < -0.39 is 5.66 Å². The molecule has 0 spiro atoms. The van der Waals surface area contributed by atoms with Gasteiger partial charge in [-0.25, -0.2) is 15.0 Å². The summed E-state index contributed by atoms with van der Waals surface area (Å²) in [6, 6.07) is 0.392. The van der Waals surface area contributed by atoms with Gasteiger partial charge >= 0.3 is 0 Å². The first-order valence-electron chi connectivity index (χ1n) is 14.0. The van der Waals surface area contributed by atoms with E-state index in [1.807, 2.05) is 0 Å². The van der Waals surface area contributed by atoms with E-state index >= 15 is 0 Å². The smallest absolute Gasteiger partial charge is 0.166 e. The largest absolute Gasteiger partial charge is 0.307 e. The van der Waals surface area contributed by atoms with Crippen LogP contribution in [-0.2, 0) is 5.66 Å². The second-order valence-electron chi connectivity index (χ2n) is 11.9. The van der Waals surface area contributed by atoms with Gasteiger partial charge in [0.15, 0.2) is 5.82 Å². The second-order valence-corrected chi connectivity index (χ2v) is 11.9. The maximum Gasteiger partial charge on any atom is 0.166 e. The van der Waals surface area contributed by atoms with Gasteiger partial charge in [0.2, 0.25) is 0 Å². The summed E-state index contributed by atoms with van der Waals surface area (Å²) in [4.78, 5) is 18.5. The van der Waals surface area contributed by atoms with Crippen molar-refractivity contribution in [3.63, 3.8) is 0 Å². The van der Waals surface area contributed by atoms with E-state index in [1.165, 1.54) is 44.9 Å². The van der Waals surface area contributed by atoms with Crippen LogP contribution in [0.3, 0.4) is 0 Å². The fourth-order valence-corrected chi connectivity index (χ4v) is 5.95. The molecule has 1 atom stereocenters. The molecular weight excluding hydrogens is 420 g/mol. The number of hydrogen-bond acceptors (Lipinski definition) is 6. The highest BCUT2D eigenvalue weighted by atomic mass is 15.3. The Labute approximate surface area is 210 Å².